The third-order valence-corrected chi connectivity index (χ3v) is 4.66. The predicted octanol–water partition coefficient (Wildman–Crippen LogP) is 3.38. The largest absolute Gasteiger partial charge is 0.381 e. The summed E-state index contributed by atoms with van der Waals surface area (Å²) in [7, 11) is 0. The van der Waals surface area contributed by atoms with E-state index >= 15 is 0 Å². The molecule has 0 amide bonds. The van der Waals surface area contributed by atoms with Crippen molar-refractivity contribution in [3.63, 3.8) is 0 Å². The minimum atomic E-state index is -0.185. The molecule has 1 saturated heterocycles. The van der Waals surface area contributed by atoms with Crippen LogP contribution in [0.2, 0.25) is 0 Å². The standard InChI is InChI=1S/C15H22FNOS/c1-2-17(14-5-3-13(16)4-6-14)11-15(12-19)7-9-18-10-8-15/h3-6,19H,2,7-12H2,1H3. The van der Waals surface area contributed by atoms with Crippen molar-refractivity contribution >= 4 is 18.3 Å². The summed E-state index contributed by atoms with van der Waals surface area (Å²) in [4.78, 5) is 2.31. The molecule has 0 bridgehead atoms. The van der Waals surface area contributed by atoms with Crippen molar-refractivity contribution in [1.29, 1.82) is 0 Å². The minimum absolute atomic E-state index is 0.185. The zero-order valence-corrected chi connectivity index (χ0v) is 12.3. The van der Waals surface area contributed by atoms with Crippen LogP contribution in [0.15, 0.2) is 24.3 Å². The molecule has 106 valence electrons. The summed E-state index contributed by atoms with van der Waals surface area (Å²) in [6.45, 7) is 5.65. The molecular weight excluding hydrogens is 261 g/mol. The van der Waals surface area contributed by atoms with Gasteiger partial charge in [-0.25, -0.2) is 4.39 Å². The molecule has 1 aromatic carbocycles. The molecule has 19 heavy (non-hydrogen) atoms. The Balaban J connectivity index is 2.11. The van der Waals surface area contributed by atoms with Crippen molar-refractivity contribution in [3.8, 4) is 0 Å². The van der Waals surface area contributed by atoms with Gasteiger partial charge >= 0.3 is 0 Å². The summed E-state index contributed by atoms with van der Waals surface area (Å²) < 4.78 is 18.5. The molecule has 2 rings (SSSR count). The minimum Gasteiger partial charge on any atom is -0.381 e. The number of thiol groups is 1. The molecule has 1 aromatic rings. The van der Waals surface area contributed by atoms with Gasteiger partial charge in [0.1, 0.15) is 5.82 Å². The Morgan fingerprint density at radius 2 is 1.89 bits per heavy atom. The van der Waals surface area contributed by atoms with Crippen LogP contribution in [-0.4, -0.2) is 32.1 Å². The van der Waals surface area contributed by atoms with Crippen LogP contribution < -0.4 is 4.90 Å². The molecule has 2 nitrogen and oxygen atoms in total. The lowest BCUT2D eigenvalue weighted by Crippen LogP contribution is -2.43. The molecule has 0 saturated carbocycles. The Morgan fingerprint density at radius 1 is 1.26 bits per heavy atom. The molecule has 0 atom stereocenters. The lowest BCUT2D eigenvalue weighted by Gasteiger charge is -2.40. The summed E-state index contributed by atoms with van der Waals surface area (Å²) >= 11 is 4.55. The van der Waals surface area contributed by atoms with Crippen LogP contribution in [0.5, 0.6) is 0 Å². The Labute approximate surface area is 120 Å². The molecule has 0 spiro atoms. The van der Waals surface area contributed by atoms with Gasteiger partial charge < -0.3 is 9.64 Å². The fraction of sp³-hybridized carbons (Fsp3) is 0.600. The average molecular weight is 283 g/mol. The Bertz CT molecular complexity index is 390. The van der Waals surface area contributed by atoms with E-state index in [0.717, 1.165) is 50.6 Å². The summed E-state index contributed by atoms with van der Waals surface area (Å²) in [5.74, 6) is 0.684. The van der Waals surface area contributed by atoms with Gasteiger partial charge in [-0.15, -0.1) is 0 Å². The zero-order chi connectivity index (χ0) is 13.7. The third-order valence-electron chi connectivity index (χ3n) is 3.99. The molecule has 0 aromatic heterocycles. The fourth-order valence-electron chi connectivity index (χ4n) is 2.61. The molecule has 1 aliphatic heterocycles. The van der Waals surface area contributed by atoms with Gasteiger partial charge in [-0.1, -0.05) is 0 Å². The topological polar surface area (TPSA) is 12.5 Å². The van der Waals surface area contributed by atoms with Crippen LogP contribution in [0.1, 0.15) is 19.8 Å². The van der Waals surface area contributed by atoms with Crippen molar-refractivity contribution in [2.45, 2.75) is 19.8 Å². The highest BCUT2D eigenvalue weighted by Gasteiger charge is 2.33. The average Bonchev–Trinajstić information content (AvgIpc) is 2.47. The van der Waals surface area contributed by atoms with Gasteiger partial charge in [-0.2, -0.15) is 12.6 Å². The third kappa shape index (κ3) is 3.63. The van der Waals surface area contributed by atoms with Crippen molar-refractivity contribution in [1.82, 2.24) is 0 Å². The normalized spacial score (nSPS) is 18.3. The van der Waals surface area contributed by atoms with Crippen molar-refractivity contribution in [3.05, 3.63) is 30.1 Å². The maximum atomic E-state index is 13.0. The van der Waals surface area contributed by atoms with E-state index in [0.29, 0.717) is 0 Å². The molecule has 4 heteroatoms. The van der Waals surface area contributed by atoms with E-state index in [9.17, 15) is 4.39 Å². The molecular formula is C15H22FNOS. The quantitative estimate of drug-likeness (QED) is 0.832. The molecule has 0 N–H and O–H groups in total. The number of rotatable bonds is 5. The molecule has 1 fully saturated rings. The van der Waals surface area contributed by atoms with Gasteiger partial charge in [-0.3, -0.25) is 0 Å². The van der Waals surface area contributed by atoms with Crippen LogP contribution >= 0.6 is 12.6 Å². The van der Waals surface area contributed by atoms with Gasteiger partial charge in [0.15, 0.2) is 0 Å². The molecule has 1 heterocycles. The van der Waals surface area contributed by atoms with E-state index in [-0.39, 0.29) is 11.2 Å². The number of benzene rings is 1. The number of hydrogen-bond acceptors (Lipinski definition) is 3. The zero-order valence-electron chi connectivity index (χ0n) is 11.4. The van der Waals surface area contributed by atoms with Crippen LogP contribution in [0.3, 0.4) is 0 Å². The summed E-state index contributed by atoms with van der Waals surface area (Å²) in [5.41, 5.74) is 1.29. The number of halogens is 1. The monoisotopic (exact) mass is 283 g/mol. The van der Waals surface area contributed by atoms with E-state index < -0.39 is 0 Å². The summed E-state index contributed by atoms with van der Waals surface area (Å²) in [5, 5.41) is 0. The fourth-order valence-corrected chi connectivity index (χ4v) is 3.03. The van der Waals surface area contributed by atoms with Crippen LogP contribution in [0.4, 0.5) is 10.1 Å². The van der Waals surface area contributed by atoms with E-state index in [2.05, 4.69) is 24.5 Å². The lowest BCUT2D eigenvalue weighted by molar-refractivity contribution is 0.0297. The molecule has 0 aliphatic carbocycles. The number of hydrogen-bond donors (Lipinski definition) is 1. The Kier molecular flexibility index (Phi) is 5.11. The molecule has 1 aliphatic rings. The highest BCUT2D eigenvalue weighted by atomic mass is 32.1. The Morgan fingerprint density at radius 3 is 2.42 bits per heavy atom. The van der Waals surface area contributed by atoms with E-state index in [4.69, 9.17) is 4.74 Å². The van der Waals surface area contributed by atoms with E-state index in [1.54, 1.807) is 0 Å². The summed E-state index contributed by atoms with van der Waals surface area (Å²) in [6, 6.07) is 6.75. The highest BCUT2D eigenvalue weighted by Crippen LogP contribution is 2.34. The smallest absolute Gasteiger partial charge is 0.123 e. The Hall–Kier alpha value is -0.740. The maximum Gasteiger partial charge on any atom is 0.123 e. The first kappa shape index (κ1) is 14.7. The second kappa shape index (κ2) is 6.62. The summed E-state index contributed by atoms with van der Waals surface area (Å²) in [6.07, 6.45) is 2.10. The number of ether oxygens (including phenoxy) is 1. The number of anilines is 1. The van der Waals surface area contributed by atoms with Gasteiger partial charge in [0.2, 0.25) is 0 Å². The van der Waals surface area contributed by atoms with Crippen LogP contribution in [-0.2, 0) is 4.74 Å². The predicted molar refractivity (Wildman–Crippen MR) is 80.6 cm³/mol. The van der Waals surface area contributed by atoms with E-state index in [1.807, 2.05) is 12.1 Å². The molecule has 0 unspecified atom stereocenters. The first-order chi connectivity index (χ1) is 9.19. The van der Waals surface area contributed by atoms with Crippen molar-refractivity contribution < 1.29 is 9.13 Å². The van der Waals surface area contributed by atoms with Crippen LogP contribution in [0, 0.1) is 11.2 Å². The van der Waals surface area contributed by atoms with Gasteiger partial charge in [0.05, 0.1) is 0 Å². The second-order valence-electron chi connectivity index (χ2n) is 5.26. The van der Waals surface area contributed by atoms with Gasteiger partial charge in [0, 0.05) is 37.4 Å². The van der Waals surface area contributed by atoms with Gasteiger partial charge in [0.25, 0.3) is 0 Å². The second-order valence-corrected chi connectivity index (χ2v) is 5.58. The van der Waals surface area contributed by atoms with Gasteiger partial charge in [-0.05, 0) is 49.8 Å². The SMILES string of the molecule is CCN(CC1(CS)CCOCC1)c1ccc(F)cc1. The van der Waals surface area contributed by atoms with Crippen LogP contribution in [0.25, 0.3) is 0 Å². The first-order valence-corrected chi connectivity index (χ1v) is 7.51. The van der Waals surface area contributed by atoms with E-state index in [1.165, 1.54) is 12.1 Å². The first-order valence-electron chi connectivity index (χ1n) is 6.88. The maximum absolute atomic E-state index is 13.0. The van der Waals surface area contributed by atoms with Crippen molar-refractivity contribution in [2.24, 2.45) is 5.41 Å². The van der Waals surface area contributed by atoms with Crippen molar-refractivity contribution in [2.75, 3.05) is 37.0 Å². The molecule has 0 radical (unpaired) electrons. The number of nitrogens with zero attached hydrogens (tertiary/aromatic N) is 1. The highest BCUT2D eigenvalue weighted by molar-refractivity contribution is 7.80. The lowest BCUT2D eigenvalue weighted by atomic mass is 9.81.